The fraction of sp³-hybridized carbons (Fsp3) is 0.435. The van der Waals surface area contributed by atoms with Crippen molar-refractivity contribution in [3.8, 4) is 0 Å². The normalized spacial score (nSPS) is 18.9. The number of carbonyl (C=O) groups is 2. The first-order chi connectivity index (χ1) is 14.1. The number of benzene rings is 1. The van der Waals surface area contributed by atoms with Gasteiger partial charge in [-0.25, -0.2) is 4.79 Å². The monoisotopic (exact) mass is 392 g/mol. The van der Waals surface area contributed by atoms with Crippen molar-refractivity contribution in [2.24, 2.45) is 5.92 Å². The van der Waals surface area contributed by atoms with E-state index in [-0.39, 0.29) is 17.9 Å². The Morgan fingerprint density at radius 3 is 2.76 bits per heavy atom. The van der Waals surface area contributed by atoms with Gasteiger partial charge in [0.05, 0.1) is 18.2 Å². The van der Waals surface area contributed by atoms with Gasteiger partial charge in [0.15, 0.2) is 0 Å². The molecule has 1 atom stereocenters. The molecule has 29 heavy (non-hydrogen) atoms. The Hall–Kier alpha value is -2.89. The summed E-state index contributed by atoms with van der Waals surface area (Å²) in [6.45, 7) is 3.71. The molecule has 1 aromatic heterocycles. The molecule has 1 N–H and O–H groups in total. The average Bonchev–Trinajstić information content (AvgIpc) is 3.58. The van der Waals surface area contributed by atoms with Crippen LogP contribution >= 0.6 is 0 Å². The van der Waals surface area contributed by atoms with E-state index in [1.165, 1.54) is 0 Å². The van der Waals surface area contributed by atoms with Crippen molar-refractivity contribution in [3.63, 3.8) is 0 Å². The van der Waals surface area contributed by atoms with Crippen LogP contribution in [0.1, 0.15) is 36.9 Å². The minimum Gasteiger partial charge on any atom is -0.334 e. The number of hydrogen-bond donors (Lipinski definition) is 1. The Labute approximate surface area is 171 Å². The Morgan fingerprint density at radius 2 is 2.03 bits per heavy atom. The SMILES string of the molecule is Cc1cccc(NC(=O)N2CCCC(C(=O)N(Cc3ccccn3)C3CC3)C2)c1. The predicted octanol–water partition coefficient (Wildman–Crippen LogP) is 3.83. The van der Waals surface area contributed by atoms with Crippen molar-refractivity contribution >= 4 is 17.6 Å². The number of pyridine rings is 1. The maximum Gasteiger partial charge on any atom is 0.321 e. The van der Waals surface area contributed by atoms with E-state index < -0.39 is 0 Å². The van der Waals surface area contributed by atoms with Gasteiger partial charge in [-0.15, -0.1) is 0 Å². The van der Waals surface area contributed by atoms with Crippen molar-refractivity contribution in [1.29, 1.82) is 0 Å². The average molecular weight is 393 g/mol. The van der Waals surface area contributed by atoms with Crippen molar-refractivity contribution in [2.45, 2.75) is 45.2 Å². The number of nitrogens with zero attached hydrogens (tertiary/aromatic N) is 3. The fourth-order valence-electron chi connectivity index (χ4n) is 3.96. The van der Waals surface area contributed by atoms with E-state index in [0.717, 1.165) is 42.6 Å². The summed E-state index contributed by atoms with van der Waals surface area (Å²) in [5, 5.41) is 2.97. The number of amides is 3. The van der Waals surface area contributed by atoms with Gasteiger partial charge < -0.3 is 15.1 Å². The fourth-order valence-corrected chi connectivity index (χ4v) is 3.96. The molecule has 6 nitrogen and oxygen atoms in total. The van der Waals surface area contributed by atoms with Crippen LogP contribution in [0.25, 0.3) is 0 Å². The third-order valence-corrected chi connectivity index (χ3v) is 5.66. The maximum atomic E-state index is 13.3. The molecule has 1 aliphatic heterocycles. The highest BCUT2D eigenvalue weighted by Gasteiger charge is 2.38. The van der Waals surface area contributed by atoms with E-state index in [1.807, 2.05) is 54.3 Å². The lowest BCUT2D eigenvalue weighted by Crippen LogP contribution is -2.48. The number of nitrogens with one attached hydrogen (secondary N) is 1. The maximum absolute atomic E-state index is 13.3. The van der Waals surface area contributed by atoms with Gasteiger partial charge in [0.2, 0.25) is 5.91 Å². The first-order valence-corrected chi connectivity index (χ1v) is 10.4. The van der Waals surface area contributed by atoms with E-state index in [9.17, 15) is 9.59 Å². The van der Waals surface area contributed by atoms with Crippen LogP contribution < -0.4 is 5.32 Å². The highest BCUT2D eigenvalue weighted by Crippen LogP contribution is 2.31. The van der Waals surface area contributed by atoms with Crippen LogP contribution in [0.15, 0.2) is 48.7 Å². The summed E-state index contributed by atoms with van der Waals surface area (Å²) in [5.74, 6) is 0.0162. The number of hydrogen-bond acceptors (Lipinski definition) is 3. The standard InChI is InChI=1S/C23H28N4O2/c1-17-6-4-9-19(14-17)25-23(29)26-13-5-7-18(15-26)22(28)27(21-10-11-21)16-20-8-2-3-12-24-20/h2-4,6,8-9,12,14,18,21H,5,7,10-11,13,15-16H2,1H3,(H,25,29). The van der Waals surface area contributed by atoms with Crippen LogP contribution in [-0.4, -0.2) is 45.9 Å². The minimum atomic E-state index is -0.142. The lowest BCUT2D eigenvalue weighted by Gasteiger charge is -2.35. The molecule has 2 fully saturated rings. The zero-order valence-electron chi connectivity index (χ0n) is 16.9. The van der Waals surface area contributed by atoms with E-state index in [4.69, 9.17) is 0 Å². The molecular formula is C23H28N4O2. The van der Waals surface area contributed by atoms with E-state index >= 15 is 0 Å². The van der Waals surface area contributed by atoms with Crippen molar-refractivity contribution < 1.29 is 9.59 Å². The van der Waals surface area contributed by atoms with Gasteiger partial charge in [-0.3, -0.25) is 9.78 Å². The number of aryl methyl sites for hydroxylation is 1. The molecule has 6 heteroatoms. The van der Waals surface area contributed by atoms with Gasteiger partial charge in [0, 0.05) is 31.0 Å². The number of carbonyl (C=O) groups excluding carboxylic acids is 2. The number of piperidine rings is 1. The van der Waals surface area contributed by atoms with Gasteiger partial charge in [0.1, 0.15) is 0 Å². The molecular weight excluding hydrogens is 364 g/mol. The Morgan fingerprint density at radius 1 is 1.17 bits per heavy atom. The van der Waals surface area contributed by atoms with Crippen molar-refractivity contribution in [2.75, 3.05) is 18.4 Å². The molecule has 4 rings (SSSR count). The van der Waals surface area contributed by atoms with Gasteiger partial charge in [-0.2, -0.15) is 0 Å². The summed E-state index contributed by atoms with van der Waals surface area (Å²) in [7, 11) is 0. The summed E-state index contributed by atoms with van der Waals surface area (Å²) < 4.78 is 0. The number of anilines is 1. The first-order valence-electron chi connectivity index (χ1n) is 10.4. The quantitative estimate of drug-likeness (QED) is 0.841. The Bertz CT molecular complexity index is 866. The molecule has 0 spiro atoms. The number of rotatable bonds is 5. The second-order valence-corrected chi connectivity index (χ2v) is 8.10. The number of likely N-dealkylation sites (tertiary alicyclic amines) is 1. The number of urea groups is 1. The highest BCUT2D eigenvalue weighted by atomic mass is 16.2. The van der Waals surface area contributed by atoms with Crippen LogP contribution in [0, 0.1) is 12.8 Å². The second-order valence-electron chi connectivity index (χ2n) is 8.10. The van der Waals surface area contributed by atoms with Gasteiger partial charge in [-0.05, 0) is 62.4 Å². The zero-order valence-corrected chi connectivity index (χ0v) is 16.9. The van der Waals surface area contributed by atoms with Crippen LogP contribution in [0.5, 0.6) is 0 Å². The molecule has 2 heterocycles. The summed E-state index contributed by atoms with van der Waals surface area (Å²) in [6.07, 6.45) is 5.56. The van der Waals surface area contributed by atoms with Gasteiger partial charge in [0.25, 0.3) is 0 Å². The predicted molar refractivity (Wildman–Crippen MR) is 112 cm³/mol. The largest absolute Gasteiger partial charge is 0.334 e. The van der Waals surface area contributed by atoms with E-state index in [2.05, 4.69) is 10.3 Å². The molecule has 1 unspecified atom stereocenters. The zero-order chi connectivity index (χ0) is 20.2. The molecule has 1 saturated carbocycles. The lowest BCUT2D eigenvalue weighted by atomic mass is 9.96. The van der Waals surface area contributed by atoms with Crippen LogP contribution in [0.3, 0.4) is 0 Å². The smallest absolute Gasteiger partial charge is 0.321 e. The molecule has 2 aromatic rings. The summed E-state index contributed by atoms with van der Waals surface area (Å²) >= 11 is 0. The topological polar surface area (TPSA) is 65.5 Å². The third-order valence-electron chi connectivity index (χ3n) is 5.66. The second kappa shape index (κ2) is 8.64. The number of aromatic nitrogens is 1. The Balaban J connectivity index is 1.40. The summed E-state index contributed by atoms with van der Waals surface area (Å²) in [4.78, 5) is 34.2. The van der Waals surface area contributed by atoms with E-state index in [1.54, 1.807) is 11.1 Å². The molecule has 1 aliphatic carbocycles. The summed E-state index contributed by atoms with van der Waals surface area (Å²) in [6, 6.07) is 13.8. The van der Waals surface area contributed by atoms with Crippen LogP contribution in [0.4, 0.5) is 10.5 Å². The molecule has 0 bridgehead atoms. The van der Waals surface area contributed by atoms with Gasteiger partial charge >= 0.3 is 6.03 Å². The first kappa shape index (κ1) is 19.4. The minimum absolute atomic E-state index is 0.129. The lowest BCUT2D eigenvalue weighted by molar-refractivity contribution is -0.138. The molecule has 0 radical (unpaired) electrons. The molecule has 152 valence electrons. The molecule has 1 saturated heterocycles. The van der Waals surface area contributed by atoms with Crippen molar-refractivity contribution in [1.82, 2.24) is 14.8 Å². The summed E-state index contributed by atoms with van der Waals surface area (Å²) in [5.41, 5.74) is 2.81. The molecule has 2 aliphatic rings. The molecule has 3 amide bonds. The third kappa shape index (κ3) is 4.94. The van der Waals surface area contributed by atoms with Crippen LogP contribution in [-0.2, 0) is 11.3 Å². The van der Waals surface area contributed by atoms with Crippen LogP contribution in [0.2, 0.25) is 0 Å². The van der Waals surface area contributed by atoms with E-state index in [0.29, 0.717) is 25.7 Å². The van der Waals surface area contributed by atoms with Gasteiger partial charge in [-0.1, -0.05) is 18.2 Å². The Kier molecular flexibility index (Phi) is 5.79. The van der Waals surface area contributed by atoms with Crippen molar-refractivity contribution in [3.05, 3.63) is 59.9 Å². The molecule has 1 aromatic carbocycles. The highest BCUT2D eigenvalue weighted by molar-refractivity contribution is 5.90.